The Bertz CT molecular complexity index is 1170. The summed E-state index contributed by atoms with van der Waals surface area (Å²) in [6.45, 7) is 0. The number of anilines is 2. The van der Waals surface area contributed by atoms with Gasteiger partial charge in [-0.05, 0) is 35.7 Å². The summed E-state index contributed by atoms with van der Waals surface area (Å²) >= 11 is 0. The largest absolute Gasteiger partial charge is 0.497 e. The van der Waals surface area contributed by atoms with Gasteiger partial charge in [0.25, 0.3) is 0 Å². The van der Waals surface area contributed by atoms with E-state index >= 15 is 0 Å². The SMILES string of the molecule is COc1ccc(Nc2ncnc(Oc3cccc4ccccc34)c2[N+](=O)[O-])cc1. The van der Waals surface area contributed by atoms with Gasteiger partial charge in [0.05, 0.1) is 12.0 Å². The number of rotatable bonds is 6. The van der Waals surface area contributed by atoms with E-state index in [1.54, 1.807) is 37.4 Å². The van der Waals surface area contributed by atoms with Gasteiger partial charge in [0.15, 0.2) is 0 Å². The quantitative estimate of drug-likeness (QED) is 0.363. The summed E-state index contributed by atoms with van der Waals surface area (Å²) in [5.41, 5.74) is 0.264. The van der Waals surface area contributed by atoms with Crippen molar-refractivity contribution < 1.29 is 14.4 Å². The molecule has 1 aromatic heterocycles. The molecule has 0 saturated carbocycles. The van der Waals surface area contributed by atoms with Crippen LogP contribution in [0.3, 0.4) is 0 Å². The van der Waals surface area contributed by atoms with Crippen LogP contribution in [0.2, 0.25) is 0 Å². The summed E-state index contributed by atoms with van der Waals surface area (Å²) in [4.78, 5) is 19.2. The van der Waals surface area contributed by atoms with Crippen molar-refractivity contribution >= 4 is 28.0 Å². The van der Waals surface area contributed by atoms with E-state index in [1.807, 2.05) is 36.4 Å². The van der Waals surface area contributed by atoms with Crippen LogP contribution in [0.25, 0.3) is 10.8 Å². The number of ether oxygens (including phenoxy) is 2. The first-order chi connectivity index (χ1) is 14.2. The first-order valence-corrected chi connectivity index (χ1v) is 8.72. The summed E-state index contributed by atoms with van der Waals surface area (Å²) in [5.74, 6) is 1.04. The maximum atomic E-state index is 11.8. The first kappa shape index (κ1) is 18.2. The lowest BCUT2D eigenvalue weighted by Gasteiger charge is -2.11. The average Bonchev–Trinajstić information content (AvgIpc) is 2.74. The first-order valence-electron chi connectivity index (χ1n) is 8.72. The van der Waals surface area contributed by atoms with Crippen LogP contribution in [0.15, 0.2) is 73.1 Å². The van der Waals surface area contributed by atoms with E-state index in [-0.39, 0.29) is 17.4 Å². The highest BCUT2D eigenvalue weighted by Crippen LogP contribution is 2.37. The third-order valence-corrected chi connectivity index (χ3v) is 4.28. The lowest BCUT2D eigenvalue weighted by molar-refractivity contribution is -0.385. The monoisotopic (exact) mass is 388 g/mol. The molecule has 29 heavy (non-hydrogen) atoms. The number of fused-ring (bicyclic) bond motifs is 1. The molecule has 4 aromatic rings. The second kappa shape index (κ2) is 7.81. The number of hydrogen-bond donors (Lipinski definition) is 1. The van der Waals surface area contributed by atoms with Gasteiger partial charge in [-0.1, -0.05) is 36.4 Å². The Morgan fingerprint density at radius 1 is 0.966 bits per heavy atom. The highest BCUT2D eigenvalue weighted by atomic mass is 16.6. The summed E-state index contributed by atoms with van der Waals surface area (Å²) < 4.78 is 11.0. The Labute approximate surface area is 165 Å². The zero-order valence-corrected chi connectivity index (χ0v) is 15.4. The molecule has 0 saturated heterocycles. The fourth-order valence-corrected chi connectivity index (χ4v) is 2.89. The lowest BCUT2D eigenvalue weighted by Crippen LogP contribution is -2.03. The maximum absolute atomic E-state index is 11.8. The lowest BCUT2D eigenvalue weighted by atomic mass is 10.1. The van der Waals surface area contributed by atoms with E-state index in [9.17, 15) is 10.1 Å². The number of nitro groups is 1. The van der Waals surface area contributed by atoms with Gasteiger partial charge >= 0.3 is 11.6 Å². The van der Waals surface area contributed by atoms with Crippen LogP contribution >= 0.6 is 0 Å². The molecule has 0 bridgehead atoms. The molecule has 4 rings (SSSR count). The predicted molar refractivity (Wildman–Crippen MR) is 109 cm³/mol. The maximum Gasteiger partial charge on any atom is 0.373 e. The smallest absolute Gasteiger partial charge is 0.373 e. The van der Waals surface area contributed by atoms with Gasteiger partial charge in [0.2, 0.25) is 5.82 Å². The van der Waals surface area contributed by atoms with Crippen LogP contribution in [0.1, 0.15) is 0 Å². The second-order valence-electron chi connectivity index (χ2n) is 6.07. The van der Waals surface area contributed by atoms with Crippen molar-refractivity contribution in [2.75, 3.05) is 12.4 Å². The molecule has 0 radical (unpaired) electrons. The van der Waals surface area contributed by atoms with Crippen molar-refractivity contribution in [2.24, 2.45) is 0 Å². The molecule has 1 heterocycles. The zero-order valence-electron chi connectivity index (χ0n) is 15.4. The van der Waals surface area contributed by atoms with Crippen molar-refractivity contribution in [3.8, 4) is 17.4 Å². The van der Waals surface area contributed by atoms with E-state index < -0.39 is 4.92 Å². The molecule has 144 valence electrons. The van der Waals surface area contributed by atoms with Gasteiger partial charge in [-0.3, -0.25) is 10.1 Å². The Morgan fingerprint density at radius 2 is 1.72 bits per heavy atom. The molecular weight excluding hydrogens is 372 g/mol. The van der Waals surface area contributed by atoms with Crippen molar-refractivity contribution in [3.63, 3.8) is 0 Å². The number of methoxy groups -OCH3 is 1. The third kappa shape index (κ3) is 3.77. The summed E-state index contributed by atoms with van der Waals surface area (Å²) in [6.07, 6.45) is 1.22. The van der Waals surface area contributed by atoms with Crippen LogP contribution < -0.4 is 14.8 Å². The predicted octanol–water partition coefficient (Wildman–Crippen LogP) is 5.08. The fraction of sp³-hybridized carbons (Fsp3) is 0.0476. The van der Waals surface area contributed by atoms with Gasteiger partial charge in [0, 0.05) is 11.1 Å². The number of aromatic nitrogens is 2. The Kier molecular flexibility index (Phi) is 4.90. The third-order valence-electron chi connectivity index (χ3n) is 4.28. The number of hydrogen-bond acceptors (Lipinski definition) is 7. The minimum Gasteiger partial charge on any atom is -0.497 e. The summed E-state index contributed by atoms with van der Waals surface area (Å²) in [5, 5.41) is 16.5. The van der Waals surface area contributed by atoms with E-state index in [0.29, 0.717) is 17.2 Å². The molecule has 0 aliphatic rings. The minimum atomic E-state index is -0.563. The topological polar surface area (TPSA) is 99.4 Å². The fourth-order valence-electron chi connectivity index (χ4n) is 2.89. The van der Waals surface area contributed by atoms with Gasteiger partial charge < -0.3 is 14.8 Å². The van der Waals surface area contributed by atoms with Crippen molar-refractivity contribution in [1.29, 1.82) is 0 Å². The van der Waals surface area contributed by atoms with Crippen LogP contribution in [0, 0.1) is 10.1 Å². The molecule has 0 atom stereocenters. The number of benzene rings is 3. The molecular formula is C21H16N4O4. The second-order valence-corrected chi connectivity index (χ2v) is 6.07. The van der Waals surface area contributed by atoms with E-state index in [4.69, 9.17) is 9.47 Å². The Morgan fingerprint density at radius 3 is 2.48 bits per heavy atom. The van der Waals surface area contributed by atoms with Crippen LogP contribution in [-0.4, -0.2) is 22.0 Å². The van der Waals surface area contributed by atoms with Gasteiger partial charge in [-0.15, -0.1) is 0 Å². The summed E-state index contributed by atoms with van der Waals surface area (Å²) in [6, 6.07) is 20.1. The molecule has 0 fully saturated rings. The van der Waals surface area contributed by atoms with E-state index in [0.717, 1.165) is 10.8 Å². The van der Waals surface area contributed by atoms with E-state index in [1.165, 1.54) is 6.33 Å². The molecule has 3 aromatic carbocycles. The number of nitrogens with one attached hydrogen (secondary N) is 1. The molecule has 8 nitrogen and oxygen atoms in total. The minimum absolute atomic E-state index is 0.0328. The highest BCUT2D eigenvalue weighted by Gasteiger charge is 2.25. The molecule has 0 unspecified atom stereocenters. The Balaban J connectivity index is 1.72. The molecule has 0 aliphatic carbocycles. The number of nitrogens with zero attached hydrogens (tertiary/aromatic N) is 3. The van der Waals surface area contributed by atoms with Crippen molar-refractivity contribution in [2.45, 2.75) is 0 Å². The molecule has 0 spiro atoms. The van der Waals surface area contributed by atoms with Crippen LogP contribution in [0.4, 0.5) is 17.2 Å². The Hall–Kier alpha value is -4.20. The van der Waals surface area contributed by atoms with Gasteiger partial charge in [-0.25, -0.2) is 4.98 Å². The van der Waals surface area contributed by atoms with Gasteiger partial charge in [-0.2, -0.15) is 4.98 Å². The van der Waals surface area contributed by atoms with Crippen molar-refractivity contribution in [1.82, 2.24) is 9.97 Å². The van der Waals surface area contributed by atoms with E-state index in [2.05, 4.69) is 15.3 Å². The van der Waals surface area contributed by atoms with Crippen LogP contribution in [-0.2, 0) is 0 Å². The average molecular weight is 388 g/mol. The standard InChI is InChI=1S/C21H16N4O4/c1-28-16-11-9-15(10-12-16)24-20-19(25(26)27)21(23-13-22-20)29-18-8-4-6-14-5-2-3-7-17(14)18/h2-13H,1H3,(H,22,23,24). The molecule has 8 heteroatoms. The normalized spacial score (nSPS) is 10.5. The van der Waals surface area contributed by atoms with Crippen molar-refractivity contribution in [3.05, 3.63) is 83.2 Å². The zero-order chi connectivity index (χ0) is 20.2. The van der Waals surface area contributed by atoms with Gasteiger partial charge in [0.1, 0.15) is 17.8 Å². The molecule has 0 aliphatic heterocycles. The van der Waals surface area contributed by atoms with Crippen LogP contribution in [0.5, 0.6) is 17.4 Å². The highest BCUT2D eigenvalue weighted by molar-refractivity contribution is 5.88. The molecule has 0 amide bonds. The molecule has 1 N–H and O–H groups in total. The summed E-state index contributed by atoms with van der Waals surface area (Å²) in [7, 11) is 1.56.